The maximum absolute atomic E-state index is 13.8. The number of nitrogens with one attached hydrogen (secondary N) is 1. The zero-order chi connectivity index (χ0) is 26.2. The number of amides is 2. The van der Waals surface area contributed by atoms with Gasteiger partial charge in [-0.2, -0.15) is 0 Å². The van der Waals surface area contributed by atoms with Crippen molar-refractivity contribution in [2.24, 2.45) is 0 Å². The zero-order valence-corrected chi connectivity index (χ0v) is 22.2. The van der Waals surface area contributed by atoms with E-state index in [1.54, 1.807) is 12.1 Å². The highest BCUT2D eigenvalue weighted by Gasteiger charge is 2.41. The van der Waals surface area contributed by atoms with Gasteiger partial charge in [-0.3, -0.25) is 19.5 Å². The Bertz CT molecular complexity index is 1150. The topological polar surface area (TPSA) is 68.8 Å². The number of hydrogen-bond acceptors (Lipinski definition) is 5. The number of rotatable bonds is 6. The fraction of sp³-hybridized carbons (Fsp3) is 0.552. The monoisotopic (exact) mass is 507 g/mol. The van der Waals surface area contributed by atoms with Gasteiger partial charge in [-0.1, -0.05) is 26.0 Å². The van der Waals surface area contributed by atoms with E-state index in [4.69, 9.17) is 4.98 Å². The van der Waals surface area contributed by atoms with E-state index in [9.17, 15) is 14.0 Å². The van der Waals surface area contributed by atoms with Crippen LogP contribution in [0.1, 0.15) is 56.9 Å². The van der Waals surface area contributed by atoms with Crippen molar-refractivity contribution in [2.75, 3.05) is 44.2 Å². The van der Waals surface area contributed by atoms with Crippen LogP contribution in [0.25, 0.3) is 0 Å². The van der Waals surface area contributed by atoms with Gasteiger partial charge in [0.25, 0.3) is 0 Å². The van der Waals surface area contributed by atoms with E-state index < -0.39 is 0 Å². The van der Waals surface area contributed by atoms with E-state index >= 15 is 0 Å². The third-order valence-electron chi connectivity index (χ3n) is 7.95. The van der Waals surface area contributed by atoms with Gasteiger partial charge in [0.15, 0.2) is 0 Å². The largest absolute Gasteiger partial charge is 0.341 e. The van der Waals surface area contributed by atoms with Crippen LogP contribution in [0.5, 0.6) is 0 Å². The van der Waals surface area contributed by atoms with Gasteiger partial charge < -0.3 is 15.1 Å². The molecule has 3 aliphatic rings. The molecule has 1 unspecified atom stereocenters. The lowest BCUT2D eigenvalue weighted by Gasteiger charge is -2.42. The number of carbonyl (C=O) groups excluding carboxylic acids is 2. The predicted molar refractivity (Wildman–Crippen MR) is 142 cm³/mol. The molecule has 0 aliphatic carbocycles. The summed E-state index contributed by atoms with van der Waals surface area (Å²) in [4.78, 5) is 37.1. The number of nitrogens with zero attached hydrogens (tertiary/aromatic N) is 4. The number of anilines is 1. The van der Waals surface area contributed by atoms with Gasteiger partial charge >= 0.3 is 0 Å². The molecule has 0 saturated carbocycles. The number of halogens is 1. The summed E-state index contributed by atoms with van der Waals surface area (Å²) in [6.07, 6.45) is 5.15. The minimum absolute atomic E-state index is 0.0663. The van der Waals surface area contributed by atoms with Crippen molar-refractivity contribution in [1.29, 1.82) is 0 Å². The second kappa shape index (κ2) is 10.5. The average Bonchev–Trinajstić information content (AvgIpc) is 3.14. The van der Waals surface area contributed by atoms with Gasteiger partial charge in [0.05, 0.1) is 17.9 Å². The molecule has 1 aromatic heterocycles. The molecule has 2 fully saturated rings. The molecule has 3 aliphatic heterocycles. The number of benzene rings is 1. The smallest absolute Gasteiger partial charge is 0.241 e. The summed E-state index contributed by atoms with van der Waals surface area (Å²) in [6.45, 7) is 10.3. The highest BCUT2D eigenvalue weighted by atomic mass is 19.1. The Morgan fingerprint density at radius 2 is 1.97 bits per heavy atom. The number of aromatic nitrogens is 1. The molecule has 0 radical (unpaired) electrons. The summed E-state index contributed by atoms with van der Waals surface area (Å²) in [6, 6.07) is 8.98. The number of carbonyl (C=O) groups is 2. The zero-order valence-electron chi connectivity index (χ0n) is 22.2. The quantitative estimate of drug-likeness (QED) is 0.651. The summed E-state index contributed by atoms with van der Waals surface area (Å²) < 4.78 is 13.3. The van der Waals surface area contributed by atoms with Crippen LogP contribution >= 0.6 is 0 Å². The number of hydrogen-bond donors (Lipinski definition) is 1. The van der Waals surface area contributed by atoms with Gasteiger partial charge in [0.1, 0.15) is 5.82 Å². The van der Waals surface area contributed by atoms with Crippen molar-refractivity contribution in [2.45, 2.75) is 64.0 Å². The van der Waals surface area contributed by atoms with Crippen molar-refractivity contribution in [3.63, 3.8) is 0 Å². The van der Waals surface area contributed by atoms with Gasteiger partial charge in [-0.15, -0.1) is 0 Å². The molecular weight excluding hydrogens is 469 g/mol. The van der Waals surface area contributed by atoms with Gasteiger partial charge in [-0.25, -0.2) is 4.39 Å². The molecule has 2 amide bonds. The Kier molecular flexibility index (Phi) is 7.32. The fourth-order valence-corrected chi connectivity index (χ4v) is 5.91. The normalized spacial score (nSPS) is 23.8. The second-order valence-electron chi connectivity index (χ2n) is 11.6. The van der Waals surface area contributed by atoms with Crippen LogP contribution in [0.2, 0.25) is 0 Å². The first-order valence-corrected chi connectivity index (χ1v) is 13.5. The standard InChI is InChI=1S/C29H38FN5O2/c1-20-16-34(24(15-31-20)17-33-11-5-4-6-26(33)36)18-27(37)35-19-29(2,3)28-25(35)13-22(14-32-28)12-21-7-9-23(30)10-8-21/h7-10,13-14,20,24,31H,4-6,11-12,15-19H2,1-3H3/t20?,24-/m1/s1. The average molecular weight is 508 g/mol. The summed E-state index contributed by atoms with van der Waals surface area (Å²) in [5.74, 6) is 0.0438. The molecule has 2 saturated heterocycles. The number of pyridine rings is 1. The third-order valence-corrected chi connectivity index (χ3v) is 7.95. The van der Waals surface area contributed by atoms with Crippen molar-refractivity contribution >= 4 is 17.5 Å². The van der Waals surface area contributed by atoms with Crippen LogP contribution in [0.15, 0.2) is 36.5 Å². The first-order valence-electron chi connectivity index (χ1n) is 13.5. The molecule has 0 bridgehead atoms. The summed E-state index contributed by atoms with van der Waals surface area (Å²) in [7, 11) is 0. The SMILES string of the molecule is CC1CN(CC(=O)N2CC(C)(C)c3ncc(Cc4ccc(F)cc4)cc32)[C@@H](CN2CCCCC2=O)CN1. The van der Waals surface area contributed by atoms with Crippen LogP contribution in [0.3, 0.4) is 0 Å². The third kappa shape index (κ3) is 5.70. The Labute approximate surface area is 219 Å². The van der Waals surface area contributed by atoms with Crippen LogP contribution in [0, 0.1) is 5.82 Å². The minimum atomic E-state index is -0.250. The lowest BCUT2D eigenvalue weighted by atomic mass is 9.91. The van der Waals surface area contributed by atoms with Gasteiger partial charge in [-0.05, 0) is 55.5 Å². The highest BCUT2D eigenvalue weighted by molar-refractivity contribution is 5.97. The predicted octanol–water partition coefficient (Wildman–Crippen LogP) is 3.11. The highest BCUT2D eigenvalue weighted by Crippen LogP contribution is 2.39. The van der Waals surface area contributed by atoms with Crippen LogP contribution in [-0.2, 0) is 21.4 Å². The molecule has 4 heterocycles. The molecule has 0 spiro atoms. The summed E-state index contributed by atoms with van der Waals surface area (Å²) >= 11 is 0. The van der Waals surface area contributed by atoms with Crippen molar-refractivity contribution in [3.05, 3.63) is 59.2 Å². The Hall–Kier alpha value is -2.84. The number of fused-ring (bicyclic) bond motifs is 1. The molecule has 2 atom stereocenters. The lowest BCUT2D eigenvalue weighted by Crippen LogP contribution is -2.61. The second-order valence-corrected chi connectivity index (χ2v) is 11.6. The Balaban J connectivity index is 1.33. The van der Waals surface area contributed by atoms with Crippen molar-refractivity contribution in [3.8, 4) is 0 Å². The van der Waals surface area contributed by atoms with E-state index in [1.165, 1.54) is 12.1 Å². The summed E-state index contributed by atoms with van der Waals surface area (Å²) in [5.41, 5.74) is 3.57. The molecule has 5 rings (SSSR count). The molecule has 8 heteroatoms. The maximum Gasteiger partial charge on any atom is 0.241 e. The molecule has 1 aromatic carbocycles. The molecule has 37 heavy (non-hydrogen) atoms. The van der Waals surface area contributed by atoms with Gasteiger partial charge in [0.2, 0.25) is 11.8 Å². The first-order chi connectivity index (χ1) is 17.7. The number of piperidine rings is 1. The molecule has 1 N–H and O–H groups in total. The molecule has 7 nitrogen and oxygen atoms in total. The lowest BCUT2D eigenvalue weighted by molar-refractivity contribution is -0.134. The minimum Gasteiger partial charge on any atom is -0.341 e. The maximum atomic E-state index is 13.8. The van der Waals surface area contributed by atoms with E-state index in [0.717, 1.165) is 55.0 Å². The van der Waals surface area contributed by atoms with Crippen molar-refractivity contribution in [1.82, 2.24) is 20.1 Å². The molecule has 198 valence electrons. The van der Waals surface area contributed by atoms with E-state index in [2.05, 4.69) is 37.1 Å². The van der Waals surface area contributed by atoms with Crippen LogP contribution < -0.4 is 10.2 Å². The number of likely N-dealkylation sites (tertiary alicyclic amines) is 1. The van der Waals surface area contributed by atoms with E-state index in [1.807, 2.05) is 16.0 Å². The summed E-state index contributed by atoms with van der Waals surface area (Å²) in [5, 5.41) is 3.53. The Morgan fingerprint density at radius 3 is 2.73 bits per heavy atom. The van der Waals surface area contributed by atoms with Crippen LogP contribution in [-0.4, -0.2) is 78.0 Å². The van der Waals surface area contributed by atoms with E-state index in [-0.39, 0.29) is 35.1 Å². The molecular formula is C29H38FN5O2. The van der Waals surface area contributed by atoms with Gasteiger partial charge in [0, 0.05) is 62.8 Å². The van der Waals surface area contributed by atoms with E-state index in [0.29, 0.717) is 32.5 Å². The number of piperazine rings is 1. The van der Waals surface area contributed by atoms with Crippen LogP contribution in [0.4, 0.5) is 10.1 Å². The Morgan fingerprint density at radius 1 is 1.19 bits per heavy atom. The fourth-order valence-electron chi connectivity index (χ4n) is 5.91. The van der Waals surface area contributed by atoms with Crippen molar-refractivity contribution < 1.29 is 14.0 Å². The molecule has 2 aromatic rings. The first kappa shape index (κ1) is 25.8.